The van der Waals surface area contributed by atoms with Crippen LogP contribution >= 0.6 is 0 Å². The van der Waals surface area contributed by atoms with E-state index in [2.05, 4.69) is 34.6 Å². The third kappa shape index (κ3) is 1.65. The molecule has 0 N–H and O–H groups in total. The zero-order chi connectivity index (χ0) is 11.3. The van der Waals surface area contributed by atoms with E-state index in [0.717, 1.165) is 17.8 Å². The van der Waals surface area contributed by atoms with Crippen LogP contribution in [0.5, 0.6) is 0 Å². The van der Waals surface area contributed by atoms with E-state index in [4.69, 9.17) is 0 Å². The van der Waals surface area contributed by atoms with E-state index in [9.17, 15) is 0 Å². The second-order valence-corrected chi connectivity index (χ2v) is 7.37. The van der Waals surface area contributed by atoms with E-state index in [1.807, 2.05) is 0 Å². The van der Waals surface area contributed by atoms with Gasteiger partial charge < -0.3 is 0 Å². The lowest BCUT2D eigenvalue weighted by Crippen LogP contribution is -2.36. The lowest BCUT2D eigenvalue weighted by Gasteiger charge is -2.43. The minimum absolute atomic E-state index is 0.476. The Hall–Kier alpha value is 0. The standard InChI is InChI=1S/C15H28/c1-11-13-9-7-6-8-12(13)10-15(11,5)14(2,3)4/h11-13H,6-10H2,1-5H3. The van der Waals surface area contributed by atoms with Gasteiger partial charge in [-0.1, -0.05) is 53.9 Å². The van der Waals surface area contributed by atoms with Crippen molar-refractivity contribution in [2.24, 2.45) is 28.6 Å². The molecule has 0 heterocycles. The number of hydrogen-bond donors (Lipinski definition) is 0. The van der Waals surface area contributed by atoms with Crippen molar-refractivity contribution in [1.82, 2.24) is 0 Å². The van der Waals surface area contributed by atoms with Gasteiger partial charge in [0.05, 0.1) is 0 Å². The quantitative estimate of drug-likeness (QED) is 0.532. The summed E-state index contributed by atoms with van der Waals surface area (Å²) in [6, 6.07) is 0. The molecule has 15 heavy (non-hydrogen) atoms. The summed E-state index contributed by atoms with van der Waals surface area (Å²) < 4.78 is 0. The fourth-order valence-electron chi connectivity index (χ4n) is 4.34. The monoisotopic (exact) mass is 208 g/mol. The summed E-state index contributed by atoms with van der Waals surface area (Å²) in [5.74, 6) is 3.03. The summed E-state index contributed by atoms with van der Waals surface area (Å²) in [5, 5.41) is 0. The van der Waals surface area contributed by atoms with E-state index >= 15 is 0 Å². The Kier molecular flexibility index (Phi) is 2.68. The molecule has 2 rings (SSSR count). The SMILES string of the molecule is CC1C2CCCCC2CC1(C)C(C)(C)C. The normalized spacial score (nSPS) is 46.6. The molecule has 0 nitrogen and oxygen atoms in total. The van der Waals surface area contributed by atoms with Gasteiger partial charge >= 0.3 is 0 Å². The maximum absolute atomic E-state index is 2.55. The molecule has 0 heteroatoms. The third-order valence-electron chi connectivity index (χ3n) is 6.01. The summed E-state index contributed by atoms with van der Waals surface area (Å²) in [6.45, 7) is 12.4. The van der Waals surface area contributed by atoms with Crippen LogP contribution in [0.25, 0.3) is 0 Å². The fraction of sp³-hybridized carbons (Fsp3) is 1.00. The van der Waals surface area contributed by atoms with Gasteiger partial charge in [-0.3, -0.25) is 0 Å². The first kappa shape index (κ1) is 11.5. The van der Waals surface area contributed by atoms with Crippen LogP contribution in [0.4, 0.5) is 0 Å². The molecule has 0 amide bonds. The second-order valence-electron chi connectivity index (χ2n) is 7.37. The van der Waals surface area contributed by atoms with E-state index in [1.54, 1.807) is 0 Å². The minimum atomic E-state index is 0.476. The smallest absolute Gasteiger partial charge is 0.0246 e. The van der Waals surface area contributed by atoms with Gasteiger partial charge in [0.2, 0.25) is 0 Å². The molecular weight excluding hydrogens is 180 g/mol. The van der Waals surface area contributed by atoms with Crippen LogP contribution in [-0.2, 0) is 0 Å². The molecule has 0 aromatic heterocycles. The van der Waals surface area contributed by atoms with Crippen molar-refractivity contribution in [2.45, 2.75) is 66.7 Å². The number of rotatable bonds is 0. The summed E-state index contributed by atoms with van der Waals surface area (Å²) in [6.07, 6.45) is 7.50. The Morgan fingerprint density at radius 3 is 2.20 bits per heavy atom. The molecular formula is C15H28. The largest absolute Gasteiger partial charge is 0.0617 e. The maximum Gasteiger partial charge on any atom is -0.0246 e. The topological polar surface area (TPSA) is 0 Å². The first-order valence-corrected chi connectivity index (χ1v) is 6.86. The van der Waals surface area contributed by atoms with Crippen molar-refractivity contribution >= 4 is 0 Å². The molecule has 0 aliphatic heterocycles. The van der Waals surface area contributed by atoms with Crippen LogP contribution in [0.2, 0.25) is 0 Å². The molecule has 88 valence electrons. The molecule has 4 unspecified atom stereocenters. The Labute approximate surface area is 95.8 Å². The van der Waals surface area contributed by atoms with Crippen LogP contribution in [0.15, 0.2) is 0 Å². The van der Waals surface area contributed by atoms with Crippen LogP contribution < -0.4 is 0 Å². The number of hydrogen-bond acceptors (Lipinski definition) is 0. The van der Waals surface area contributed by atoms with E-state index in [-0.39, 0.29) is 0 Å². The predicted molar refractivity (Wildman–Crippen MR) is 66.8 cm³/mol. The molecule has 4 atom stereocenters. The van der Waals surface area contributed by atoms with Crippen LogP contribution in [0.1, 0.15) is 66.7 Å². The zero-order valence-electron chi connectivity index (χ0n) is 11.3. The van der Waals surface area contributed by atoms with Gasteiger partial charge in [-0.25, -0.2) is 0 Å². The van der Waals surface area contributed by atoms with Crippen LogP contribution in [0.3, 0.4) is 0 Å². The van der Waals surface area contributed by atoms with Gasteiger partial charge in [-0.2, -0.15) is 0 Å². The first-order chi connectivity index (χ1) is 6.86. The lowest BCUT2D eigenvalue weighted by molar-refractivity contribution is 0.0548. The summed E-state index contributed by atoms with van der Waals surface area (Å²) >= 11 is 0. The molecule has 0 aromatic rings. The molecule has 0 bridgehead atoms. The first-order valence-electron chi connectivity index (χ1n) is 6.86. The highest BCUT2D eigenvalue weighted by Gasteiger charge is 2.53. The highest BCUT2D eigenvalue weighted by Crippen LogP contribution is 2.61. The molecule has 2 aliphatic carbocycles. The summed E-state index contributed by atoms with van der Waals surface area (Å²) in [5.41, 5.74) is 1.05. The second kappa shape index (κ2) is 3.50. The molecule has 0 saturated heterocycles. The minimum Gasteiger partial charge on any atom is -0.0617 e. The van der Waals surface area contributed by atoms with Gasteiger partial charge in [-0.15, -0.1) is 0 Å². The lowest BCUT2D eigenvalue weighted by atomic mass is 9.61. The molecule has 2 fully saturated rings. The van der Waals surface area contributed by atoms with Crippen molar-refractivity contribution in [1.29, 1.82) is 0 Å². The molecule has 0 spiro atoms. The average Bonchev–Trinajstić information content (AvgIpc) is 2.40. The van der Waals surface area contributed by atoms with E-state index in [0.29, 0.717) is 10.8 Å². The van der Waals surface area contributed by atoms with Crippen LogP contribution in [0, 0.1) is 28.6 Å². The van der Waals surface area contributed by atoms with E-state index < -0.39 is 0 Å². The summed E-state index contributed by atoms with van der Waals surface area (Å²) in [4.78, 5) is 0. The average molecular weight is 208 g/mol. The highest BCUT2D eigenvalue weighted by atomic mass is 14.6. The Morgan fingerprint density at radius 1 is 1.07 bits per heavy atom. The Bertz CT molecular complexity index is 235. The molecule has 0 aromatic carbocycles. The van der Waals surface area contributed by atoms with Crippen molar-refractivity contribution < 1.29 is 0 Å². The van der Waals surface area contributed by atoms with Gasteiger partial charge in [0, 0.05) is 0 Å². The molecule has 2 aliphatic rings. The van der Waals surface area contributed by atoms with Crippen molar-refractivity contribution in [3.8, 4) is 0 Å². The third-order valence-corrected chi connectivity index (χ3v) is 6.01. The predicted octanol–water partition coefficient (Wildman–Crippen LogP) is 4.89. The van der Waals surface area contributed by atoms with Crippen LogP contribution in [-0.4, -0.2) is 0 Å². The number of fused-ring (bicyclic) bond motifs is 1. The Balaban J connectivity index is 2.23. The maximum atomic E-state index is 2.55. The fourth-order valence-corrected chi connectivity index (χ4v) is 4.34. The van der Waals surface area contributed by atoms with Gasteiger partial charge in [-0.05, 0) is 41.4 Å². The zero-order valence-corrected chi connectivity index (χ0v) is 11.3. The van der Waals surface area contributed by atoms with Gasteiger partial charge in [0.1, 0.15) is 0 Å². The summed E-state index contributed by atoms with van der Waals surface area (Å²) in [7, 11) is 0. The highest BCUT2D eigenvalue weighted by molar-refractivity contribution is 5.02. The van der Waals surface area contributed by atoms with Crippen molar-refractivity contribution in [3.05, 3.63) is 0 Å². The van der Waals surface area contributed by atoms with Crippen molar-refractivity contribution in [2.75, 3.05) is 0 Å². The molecule has 2 saturated carbocycles. The van der Waals surface area contributed by atoms with E-state index in [1.165, 1.54) is 32.1 Å². The molecule has 0 radical (unpaired) electrons. The van der Waals surface area contributed by atoms with Crippen molar-refractivity contribution in [3.63, 3.8) is 0 Å². The van der Waals surface area contributed by atoms with Gasteiger partial charge in [0.25, 0.3) is 0 Å². The Morgan fingerprint density at radius 2 is 1.67 bits per heavy atom. The van der Waals surface area contributed by atoms with Gasteiger partial charge in [0.15, 0.2) is 0 Å².